The van der Waals surface area contributed by atoms with Crippen LogP contribution >= 0.6 is 23.4 Å². The predicted octanol–water partition coefficient (Wildman–Crippen LogP) is 3.18. The Morgan fingerprint density at radius 1 is 1.16 bits per heavy atom. The average Bonchev–Trinajstić information content (AvgIpc) is 2.53. The van der Waals surface area contributed by atoms with Crippen molar-refractivity contribution in [3.05, 3.63) is 46.2 Å². The Bertz CT molecular complexity index is 791. The number of thioether (sulfide) groups is 1. The number of hydrogen-bond acceptors (Lipinski definition) is 5. The summed E-state index contributed by atoms with van der Waals surface area (Å²) >= 11 is 7.32. The van der Waals surface area contributed by atoms with E-state index in [9.17, 15) is 9.59 Å². The van der Waals surface area contributed by atoms with Gasteiger partial charge in [0.1, 0.15) is 0 Å². The summed E-state index contributed by atoms with van der Waals surface area (Å²) < 4.78 is 0. The molecule has 1 aromatic heterocycles. The molecule has 25 heavy (non-hydrogen) atoms. The Hall–Kier alpha value is -2.12. The Labute approximate surface area is 156 Å². The molecule has 8 heteroatoms. The van der Waals surface area contributed by atoms with Crippen molar-refractivity contribution in [2.24, 2.45) is 0 Å². The molecule has 0 fully saturated rings. The van der Waals surface area contributed by atoms with Crippen LogP contribution in [0, 0.1) is 13.8 Å². The highest BCUT2D eigenvalue weighted by atomic mass is 35.5. The molecule has 0 spiro atoms. The first kappa shape index (κ1) is 19.2. The van der Waals surface area contributed by atoms with Crippen molar-refractivity contribution in [3.8, 4) is 0 Å². The zero-order valence-electron chi connectivity index (χ0n) is 14.5. The molecule has 0 saturated heterocycles. The number of carbonyl (C=O) groups is 2. The second-order valence-electron chi connectivity index (χ2n) is 5.66. The van der Waals surface area contributed by atoms with Crippen LogP contribution in [0.4, 0.5) is 5.69 Å². The first-order chi connectivity index (χ1) is 11.8. The fourth-order valence-electron chi connectivity index (χ4n) is 2.09. The van der Waals surface area contributed by atoms with Crippen molar-refractivity contribution in [1.82, 2.24) is 14.9 Å². The lowest BCUT2D eigenvalue weighted by molar-refractivity contribution is -0.113. The maximum atomic E-state index is 12.1. The molecule has 1 N–H and O–H groups in total. The number of anilines is 1. The van der Waals surface area contributed by atoms with E-state index in [0.717, 1.165) is 11.4 Å². The minimum atomic E-state index is -0.223. The molecule has 1 aromatic carbocycles. The smallest absolute Gasteiger partial charge is 0.254 e. The van der Waals surface area contributed by atoms with E-state index < -0.39 is 0 Å². The van der Waals surface area contributed by atoms with Gasteiger partial charge < -0.3 is 10.2 Å². The first-order valence-corrected chi connectivity index (χ1v) is 8.88. The molecular formula is C17H19ClN4O2S. The fourth-order valence-corrected chi connectivity index (χ4v) is 3.04. The number of nitrogens with zero attached hydrogens (tertiary/aromatic N) is 3. The summed E-state index contributed by atoms with van der Waals surface area (Å²) in [6, 6.07) is 6.69. The molecular weight excluding hydrogens is 360 g/mol. The molecule has 0 aliphatic carbocycles. The number of nitrogens with one attached hydrogen (secondary N) is 1. The first-order valence-electron chi connectivity index (χ1n) is 7.52. The predicted molar refractivity (Wildman–Crippen MR) is 100 cm³/mol. The van der Waals surface area contributed by atoms with Gasteiger partial charge >= 0.3 is 0 Å². The molecule has 0 unspecified atom stereocenters. The minimum absolute atomic E-state index is 0.169. The fraction of sp³-hybridized carbons (Fsp3) is 0.294. The van der Waals surface area contributed by atoms with Gasteiger partial charge in [-0.3, -0.25) is 9.59 Å². The van der Waals surface area contributed by atoms with Gasteiger partial charge in [-0.25, -0.2) is 9.97 Å². The van der Waals surface area contributed by atoms with Gasteiger partial charge in [0.15, 0.2) is 5.16 Å². The van der Waals surface area contributed by atoms with Gasteiger partial charge in [0.2, 0.25) is 5.91 Å². The molecule has 132 valence electrons. The standard InChI is InChI=1S/C17H19ClN4O2S/c1-10-7-11(2)20-17(19-10)25-9-15(23)21-12-5-6-14(18)13(8-12)16(24)22(3)4/h5-8H,9H2,1-4H3,(H,21,23). The van der Waals surface area contributed by atoms with Crippen LogP contribution in [0.25, 0.3) is 0 Å². The average molecular weight is 379 g/mol. The van der Waals surface area contributed by atoms with E-state index in [2.05, 4.69) is 15.3 Å². The van der Waals surface area contributed by atoms with Crippen molar-refractivity contribution in [2.75, 3.05) is 25.2 Å². The van der Waals surface area contributed by atoms with Gasteiger partial charge in [0.05, 0.1) is 16.3 Å². The zero-order valence-corrected chi connectivity index (χ0v) is 16.0. The molecule has 0 bridgehead atoms. The summed E-state index contributed by atoms with van der Waals surface area (Å²) in [5.74, 6) is -0.264. The van der Waals surface area contributed by atoms with Crippen LogP contribution in [-0.2, 0) is 4.79 Å². The molecule has 2 aromatic rings. The van der Waals surface area contributed by atoms with Crippen LogP contribution in [0.2, 0.25) is 5.02 Å². The molecule has 2 amide bonds. The highest BCUT2D eigenvalue weighted by molar-refractivity contribution is 7.99. The molecule has 6 nitrogen and oxygen atoms in total. The van der Waals surface area contributed by atoms with E-state index in [0.29, 0.717) is 21.4 Å². The number of carbonyl (C=O) groups excluding carboxylic acids is 2. The molecule has 1 heterocycles. The Morgan fingerprint density at radius 2 is 1.80 bits per heavy atom. The van der Waals surface area contributed by atoms with Crippen LogP contribution in [0.1, 0.15) is 21.7 Å². The lowest BCUT2D eigenvalue weighted by atomic mass is 10.1. The van der Waals surface area contributed by atoms with E-state index in [1.165, 1.54) is 16.7 Å². The maximum absolute atomic E-state index is 12.1. The number of amides is 2. The number of benzene rings is 1. The van der Waals surface area contributed by atoms with Gasteiger partial charge in [0, 0.05) is 31.2 Å². The Balaban J connectivity index is 2.03. The summed E-state index contributed by atoms with van der Waals surface area (Å²) in [6.45, 7) is 3.77. The number of hydrogen-bond donors (Lipinski definition) is 1. The van der Waals surface area contributed by atoms with Crippen molar-refractivity contribution >= 4 is 40.9 Å². The summed E-state index contributed by atoms with van der Waals surface area (Å²) in [4.78, 5) is 34.2. The van der Waals surface area contributed by atoms with E-state index >= 15 is 0 Å². The van der Waals surface area contributed by atoms with Gasteiger partial charge in [0.25, 0.3) is 5.91 Å². The summed E-state index contributed by atoms with van der Waals surface area (Å²) in [5, 5.41) is 3.66. The van der Waals surface area contributed by atoms with Crippen LogP contribution in [0.3, 0.4) is 0 Å². The van der Waals surface area contributed by atoms with E-state index in [4.69, 9.17) is 11.6 Å². The summed E-state index contributed by atoms with van der Waals surface area (Å²) in [7, 11) is 3.29. The Morgan fingerprint density at radius 3 is 2.40 bits per heavy atom. The maximum Gasteiger partial charge on any atom is 0.254 e. The van der Waals surface area contributed by atoms with Gasteiger partial charge in [-0.1, -0.05) is 23.4 Å². The monoisotopic (exact) mass is 378 g/mol. The Kier molecular flexibility index (Phi) is 6.39. The number of aromatic nitrogens is 2. The molecule has 0 radical (unpaired) electrons. The third-order valence-corrected chi connectivity index (χ3v) is 4.36. The van der Waals surface area contributed by atoms with Crippen LogP contribution in [-0.4, -0.2) is 46.5 Å². The van der Waals surface area contributed by atoms with Crippen molar-refractivity contribution in [3.63, 3.8) is 0 Å². The lowest BCUT2D eigenvalue weighted by Gasteiger charge is -2.13. The normalized spacial score (nSPS) is 10.4. The number of rotatable bonds is 5. The van der Waals surface area contributed by atoms with E-state index in [-0.39, 0.29) is 17.6 Å². The molecule has 2 rings (SSSR count). The number of halogens is 1. The second-order valence-corrected chi connectivity index (χ2v) is 7.01. The van der Waals surface area contributed by atoms with Crippen molar-refractivity contribution in [1.29, 1.82) is 0 Å². The quantitative estimate of drug-likeness (QED) is 0.638. The largest absolute Gasteiger partial charge is 0.345 e. The molecule has 0 aliphatic rings. The number of aryl methyl sites for hydroxylation is 2. The van der Waals surface area contributed by atoms with E-state index in [1.807, 2.05) is 19.9 Å². The second kappa shape index (κ2) is 8.31. The lowest BCUT2D eigenvalue weighted by Crippen LogP contribution is -2.22. The zero-order chi connectivity index (χ0) is 18.6. The van der Waals surface area contributed by atoms with Crippen molar-refractivity contribution in [2.45, 2.75) is 19.0 Å². The topological polar surface area (TPSA) is 75.2 Å². The third-order valence-electron chi connectivity index (χ3n) is 3.18. The minimum Gasteiger partial charge on any atom is -0.345 e. The highest BCUT2D eigenvalue weighted by Crippen LogP contribution is 2.22. The van der Waals surface area contributed by atoms with E-state index in [1.54, 1.807) is 32.3 Å². The van der Waals surface area contributed by atoms with Gasteiger partial charge in [-0.2, -0.15) is 0 Å². The van der Waals surface area contributed by atoms with Crippen molar-refractivity contribution < 1.29 is 9.59 Å². The van der Waals surface area contributed by atoms with Gasteiger partial charge in [-0.05, 0) is 38.1 Å². The van der Waals surface area contributed by atoms with Gasteiger partial charge in [-0.15, -0.1) is 0 Å². The summed E-state index contributed by atoms with van der Waals surface area (Å²) in [6.07, 6.45) is 0. The molecule has 0 atom stereocenters. The third kappa shape index (κ3) is 5.44. The SMILES string of the molecule is Cc1cc(C)nc(SCC(=O)Nc2ccc(Cl)c(C(=O)N(C)C)c2)n1. The van der Waals surface area contributed by atoms with Crippen LogP contribution in [0.5, 0.6) is 0 Å². The van der Waals surface area contributed by atoms with Crippen LogP contribution in [0.15, 0.2) is 29.4 Å². The van der Waals surface area contributed by atoms with Crippen LogP contribution < -0.4 is 5.32 Å². The molecule has 0 aliphatic heterocycles. The highest BCUT2D eigenvalue weighted by Gasteiger charge is 2.14. The molecule has 0 saturated carbocycles. The summed E-state index contributed by atoms with van der Waals surface area (Å²) in [5.41, 5.74) is 2.58.